The molecule has 20 heavy (non-hydrogen) atoms. The van der Waals surface area contributed by atoms with Gasteiger partial charge in [-0.3, -0.25) is 0 Å². The molecule has 0 heterocycles. The first-order valence-corrected chi connectivity index (χ1v) is 11.9. The van der Waals surface area contributed by atoms with Crippen LogP contribution in [0, 0.1) is 0 Å². The van der Waals surface area contributed by atoms with Crippen LogP contribution in [-0.2, 0) is 0 Å². The van der Waals surface area contributed by atoms with Crippen molar-refractivity contribution >= 4 is 24.9 Å². The first-order chi connectivity index (χ1) is 9.56. The Balaban J connectivity index is 2.18. The van der Waals surface area contributed by atoms with E-state index in [2.05, 4.69) is 32.2 Å². The quantitative estimate of drug-likeness (QED) is 0.346. The highest BCUT2D eigenvalue weighted by molar-refractivity contribution is 6.89. The molecule has 0 saturated heterocycles. The fourth-order valence-electron chi connectivity index (χ4n) is 2.75. The Morgan fingerprint density at radius 1 is 0.800 bits per heavy atom. The molecule has 0 aliphatic heterocycles. The van der Waals surface area contributed by atoms with Crippen molar-refractivity contribution in [3.8, 4) is 0 Å². The molecule has 0 atom stereocenters. The second-order valence-electron chi connectivity index (χ2n) is 6.62. The summed E-state index contributed by atoms with van der Waals surface area (Å²) in [6, 6.07) is 9.96. The highest BCUT2D eigenvalue weighted by Crippen LogP contribution is 2.17. The maximum absolute atomic E-state index is 5.97. The van der Waals surface area contributed by atoms with Gasteiger partial charge in [-0.2, -0.15) is 0 Å². The molecule has 0 amide bonds. The lowest BCUT2D eigenvalue weighted by molar-refractivity contribution is 0.584. The Labute approximate surface area is 131 Å². The zero-order valence-corrected chi connectivity index (χ0v) is 15.3. The van der Waals surface area contributed by atoms with Gasteiger partial charge in [0, 0.05) is 5.02 Å². The number of hydrogen-bond acceptors (Lipinski definition) is 0. The first kappa shape index (κ1) is 17.8. The summed E-state index contributed by atoms with van der Waals surface area (Å²) in [7, 11) is -1.24. The number of halogens is 1. The fraction of sp³-hybridized carbons (Fsp3) is 0.667. The zero-order valence-electron chi connectivity index (χ0n) is 13.6. The van der Waals surface area contributed by atoms with E-state index in [9.17, 15) is 0 Å². The van der Waals surface area contributed by atoms with E-state index in [-0.39, 0.29) is 0 Å². The molecule has 0 bridgehead atoms. The molecule has 0 spiro atoms. The molecule has 0 N–H and O–H groups in total. The molecule has 2 heteroatoms. The second kappa shape index (κ2) is 9.62. The van der Waals surface area contributed by atoms with Crippen molar-refractivity contribution in [1.29, 1.82) is 0 Å². The zero-order chi connectivity index (χ0) is 14.8. The van der Waals surface area contributed by atoms with Crippen molar-refractivity contribution in [1.82, 2.24) is 0 Å². The van der Waals surface area contributed by atoms with Gasteiger partial charge in [-0.25, -0.2) is 0 Å². The van der Waals surface area contributed by atoms with E-state index in [1.54, 1.807) is 5.19 Å². The molecule has 0 fully saturated rings. The molecule has 114 valence electrons. The SMILES string of the molecule is CCCCCCCCCC[Si](C)(C)c1ccc(Cl)cc1. The van der Waals surface area contributed by atoms with E-state index in [4.69, 9.17) is 11.6 Å². The number of unbranched alkanes of at least 4 members (excludes halogenated alkanes) is 7. The van der Waals surface area contributed by atoms with Crippen molar-refractivity contribution in [3.05, 3.63) is 29.3 Å². The lowest BCUT2D eigenvalue weighted by atomic mass is 10.1. The Bertz CT molecular complexity index is 356. The summed E-state index contributed by atoms with van der Waals surface area (Å²) in [6.07, 6.45) is 11.3. The normalized spacial score (nSPS) is 11.8. The van der Waals surface area contributed by atoms with Gasteiger partial charge in [0.25, 0.3) is 0 Å². The van der Waals surface area contributed by atoms with E-state index in [0.29, 0.717) is 0 Å². The van der Waals surface area contributed by atoms with Crippen LogP contribution in [0.4, 0.5) is 0 Å². The molecule has 0 unspecified atom stereocenters. The van der Waals surface area contributed by atoms with Crippen LogP contribution in [0.2, 0.25) is 24.2 Å². The smallest absolute Gasteiger partial charge is 0.0806 e. The van der Waals surface area contributed by atoms with Crippen LogP contribution in [-0.4, -0.2) is 8.07 Å². The highest BCUT2D eigenvalue weighted by atomic mass is 35.5. The van der Waals surface area contributed by atoms with Gasteiger partial charge in [0.15, 0.2) is 0 Å². The standard InChI is InChI=1S/C18H31ClSi/c1-4-5-6-7-8-9-10-11-16-20(2,3)18-14-12-17(19)13-15-18/h12-15H,4-11,16H2,1-3H3. The minimum Gasteiger partial charge on any atom is -0.0843 e. The molecule has 0 aromatic heterocycles. The molecule has 1 aromatic carbocycles. The largest absolute Gasteiger partial charge is 0.0843 e. The summed E-state index contributed by atoms with van der Waals surface area (Å²) < 4.78 is 0. The lowest BCUT2D eigenvalue weighted by Crippen LogP contribution is -2.40. The monoisotopic (exact) mass is 310 g/mol. The van der Waals surface area contributed by atoms with Crippen molar-refractivity contribution < 1.29 is 0 Å². The average Bonchev–Trinajstić information content (AvgIpc) is 2.42. The van der Waals surface area contributed by atoms with Gasteiger partial charge in [0.05, 0.1) is 8.07 Å². The third-order valence-electron chi connectivity index (χ3n) is 4.28. The van der Waals surface area contributed by atoms with Gasteiger partial charge in [-0.15, -0.1) is 0 Å². The predicted octanol–water partition coefficient (Wildman–Crippen LogP) is 6.40. The topological polar surface area (TPSA) is 0 Å². The number of hydrogen-bond donors (Lipinski definition) is 0. The van der Waals surface area contributed by atoms with E-state index < -0.39 is 8.07 Å². The van der Waals surface area contributed by atoms with Crippen molar-refractivity contribution in [2.45, 2.75) is 77.4 Å². The van der Waals surface area contributed by atoms with Gasteiger partial charge < -0.3 is 0 Å². The summed E-state index contributed by atoms with van der Waals surface area (Å²) in [4.78, 5) is 0. The van der Waals surface area contributed by atoms with Crippen LogP contribution in [0.1, 0.15) is 58.3 Å². The van der Waals surface area contributed by atoms with Crippen LogP contribution in [0.5, 0.6) is 0 Å². The van der Waals surface area contributed by atoms with Gasteiger partial charge in [-0.05, 0) is 12.1 Å². The van der Waals surface area contributed by atoms with Crippen LogP contribution < -0.4 is 5.19 Å². The molecule has 1 rings (SSSR count). The molecule has 0 aliphatic carbocycles. The maximum atomic E-state index is 5.97. The van der Waals surface area contributed by atoms with Crippen LogP contribution in [0.15, 0.2) is 24.3 Å². The molecular formula is C18H31ClSi. The van der Waals surface area contributed by atoms with Crippen molar-refractivity contribution in [2.24, 2.45) is 0 Å². The first-order valence-electron chi connectivity index (χ1n) is 8.32. The highest BCUT2D eigenvalue weighted by Gasteiger charge is 2.22. The molecule has 1 aromatic rings. The van der Waals surface area contributed by atoms with Crippen LogP contribution in [0.25, 0.3) is 0 Å². The molecular weight excluding hydrogens is 280 g/mol. The minimum atomic E-state index is -1.24. The molecule has 0 aliphatic rings. The number of benzene rings is 1. The Morgan fingerprint density at radius 2 is 1.30 bits per heavy atom. The Kier molecular flexibility index (Phi) is 8.56. The van der Waals surface area contributed by atoms with Gasteiger partial charge >= 0.3 is 0 Å². The van der Waals surface area contributed by atoms with Crippen LogP contribution in [0.3, 0.4) is 0 Å². The number of rotatable bonds is 10. The Hall–Kier alpha value is -0.273. The molecule has 0 saturated carbocycles. The van der Waals surface area contributed by atoms with E-state index in [0.717, 1.165) is 5.02 Å². The summed E-state index contributed by atoms with van der Waals surface area (Å²) in [5.41, 5.74) is 0. The van der Waals surface area contributed by atoms with E-state index >= 15 is 0 Å². The predicted molar refractivity (Wildman–Crippen MR) is 96.0 cm³/mol. The summed E-state index contributed by atoms with van der Waals surface area (Å²) in [6.45, 7) is 7.25. The van der Waals surface area contributed by atoms with Gasteiger partial charge in [0.1, 0.15) is 0 Å². The summed E-state index contributed by atoms with van der Waals surface area (Å²) in [5, 5.41) is 2.40. The lowest BCUT2D eigenvalue weighted by Gasteiger charge is -2.23. The summed E-state index contributed by atoms with van der Waals surface area (Å²) >= 11 is 5.97. The van der Waals surface area contributed by atoms with E-state index in [1.165, 1.54) is 57.4 Å². The molecule has 0 nitrogen and oxygen atoms in total. The third kappa shape index (κ3) is 6.94. The summed E-state index contributed by atoms with van der Waals surface area (Å²) in [5.74, 6) is 0. The fourth-order valence-corrected chi connectivity index (χ4v) is 5.36. The third-order valence-corrected chi connectivity index (χ3v) is 8.03. The van der Waals surface area contributed by atoms with Gasteiger partial charge in [0.2, 0.25) is 0 Å². The van der Waals surface area contributed by atoms with Gasteiger partial charge in [-0.1, -0.05) is 106 Å². The van der Waals surface area contributed by atoms with Crippen molar-refractivity contribution in [3.63, 3.8) is 0 Å². The van der Waals surface area contributed by atoms with Crippen molar-refractivity contribution in [2.75, 3.05) is 0 Å². The second-order valence-corrected chi connectivity index (χ2v) is 11.9. The average molecular weight is 311 g/mol. The maximum Gasteiger partial charge on any atom is 0.0806 e. The van der Waals surface area contributed by atoms with Crippen LogP contribution >= 0.6 is 11.6 Å². The Morgan fingerprint density at radius 3 is 1.85 bits per heavy atom. The minimum absolute atomic E-state index is 0.852. The van der Waals surface area contributed by atoms with E-state index in [1.807, 2.05) is 12.1 Å². The molecule has 0 radical (unpaired) electrons.